The van der Waals surface area contributed by atoms with E-state index in [1.54, 1.807) is 19.2 Å². The lowest BCUT2D eigenvalue weighted by molar-refractivity contribution is -0.132. The van der Waals surface area contributed by atoms with Crippen molar-refractivity contribution in [3.8, 4) is 11.5 Å². The summed E-state index contributed by atoms with van der Waals surface area (Å²) in [7, 11) is 0. The molecule has 5 nitrogen and oxygen atoms in total. The molecule has 28 heavy (non-hydrogen) atoms. The largest absolute Gasteiger partial charge is 0.478 e. The molecule has 0 aliphatic rings. The van der Waals surface area contributed by atoms with Crippen molar-refractivity contribution in [2.75, 3.05) is 0 Å². The molecule has 2 aromatic heterocycles. The summed E-state index contributed by atoms with van der Waals surface area (Å²) in [5.74, 6) is -0.0493. The molecule has 2 N–H and O–H groups in total. The van der Waals surface area contributed by atoms with Crippen LogP contribution in [0.5, 0.6) is 0 Å². The number of benzene rings is 2. The molecule has 0 saturated carbocycles. The van der Waals surface area contributed by atoms with Crippen molar-refractivity contribution < 1.29 is 9.90 Å². The zero-order valence-corrected chi connectivity index (χ0v) is 15.8. The summed E-state index contributed by atoms with van der Waals surface area (Å²) in [4.78, 5) is 18.7. The van der Waals surface area contributed by atoms with Crippen molar-refractivity contribution in [3.05, 3.63) is 83.2 Å². The zero-order valence-electron chi connectivity index (χ0n) is 15.8. The zero-order chi connectivity index (χ0) is 19.7. The monoisotopic (exact) mass is 371 g/mol. The number of nitrogens with one attached hydrogen (secondary N) is 1. The lowest BCUT2D eigenvalue weighted by atomic mass is 10.1. The van der Waals surface area contributed by atoms with Gasteiger partial charge in [-0.25, -0.2) is 9.78 Å². The van der Waals surface area contributed by atoms with Gasteiger partial charge in [0, 0.05) is 35.4 Å². The van der Waals surface area contributed by atoms with Crippen molar-refractivity contribution in [2.24, 2.45) is 0 Å². The van der Waals surface area contributed by atoms with E-state index >= 15 is 0 Å². The number of imidazole rings is 1. The number of fused-ring (bicyclic) bond motifs is 1. The van der Waals surface area contributed by atoms with E-state index in [-0.39, 0.29) is 0 Å². The van der Waals surface area contributed by atoms with Crippen LogP contribution in [0.4, 0.5) is 0 Å². The van der Waals surface area contributed by atoms with Crippen molar-refractivity contribution in [3.63, 3.8) is 0 Å². The van der Waals surface area contributed by atoms with Gasteiger partial charge in [0.15, 0.2) is 5.82 Å². The van der Waals surface area contributed by atoms with E-state index < -0.39 is 5.97 Å². The number of carboxylic acids is 1. The van der Waals surface area contributed by atoms with Gasteiger partial charge < -0.3 is 14.7 Å². The minimum Gasteiger partial charge on any atom is -0.478 e. The highest BCUT2D eigenvalue weighted by molar-refractivity contribution is 5.91. The second kappa shape index (κ2) is 7.19. The normalized spacial score (nSPS) is 11.9. The van der Waals surface area contributed by atoms with Crippen molar-refractivity contribution >= 4 is 22.9 Å². The topological polar surface area (TPSA) is 70.9 Å². The molecule has 5 heteroatoms. The Bertz CT molecular complexity index is 1170. The first-order valence-electron chi connectivity index (χ1n) is 9.12. The van der Waals surface area contributed by atoms with Crippen molar-refractivity contribution in [1.29, 1.82) is 0 Å². The van der Waals surface area contributed by atoms with E-state index in [4.69, 9.17) is 5.11 Å². The van der Waals surface area contributed by atoms with Crippen LogP contribution in [0.15, 0.2) is 66.5 Å². The van der Waals surface area contributed by atoms with E-state index in [1.807, 2.05) is 36.5 Å². The summed E-state index contributed by atoms with van der Waals surface area (Å²) in [5.41, 5.74) is 5.78. The third-order valence-corrected chi connectivity index (χ3v) is 4.99. The van der Waals surface area contributed by atoms with Gasteiger partial charge >= 0.3 is 5.97 Å². The fourth-order valence-corrected chi connectivity index (χ4v) is 3.55. The van der Waals surface area contributed by atoms with Crippen LogP contribution in [0.25, 0.3) is 28.5 Å². The van der Waals surface area contributed by atoms with Crippen LogP contribution < -0.4 is 0 Å². The summed E-state index contributed by atoms with van der Waals surface area (Å²) in [6.45, 7) is 4.42. The molecule has 0 radical (unpaired) electrons. The second-order valence-electron chi connectivity index (χ2n) is 6.89. The predicted octanol–water partition coefficient (Wildman–Crippen LogP) is 4.88. The number of hydrogen-bond acceptors (Lipinski definition) is 2. The maximum Gasteiger partial charge on any atom is 0.331 e. The first kappa shape index (κ1) is 17.8. The Balaban J connectivity index is 1.75. The molecule has 0 bridgehead atoms. The summed E-state index contributed by atoms with van der Waals surface area (Å²) in [6, 6.07) is 16.3. The van der Waals surface area contributed by atoms with Crippen LogP contribution in [0.2, 0.25) is 0 Å². The number of H-pyrrole nitrogens is 1. The first-order valence-corrected chi connectivity index (χ1v) is 9.12. The highest BCUT2D eigenvalue weighted by Crippen LogP contribution is 2.32. The lowest BCUT2D eigenvalue weighted by Gasteiger charge is -2.11. The lowest BCUT2D eigenvalue weighted by Crippen LogP contribution is -2.03. The van der Waals surface area contributed by atoms with E-state index in [0.29, 0.717) is 12.1 Å². The Morgan fingerprint density at radius 1 is 1.18 bits per heavy atom. The molecule has 0 unspecified atom stereocenters. The van der Waals surface area contributed by atoms with E-state index in [9.17, 15) is 4.79 Å². The molecule has 0 fully saturated rings. The highest BCUT2D eigenvalue weighted by atomic mass is 16.4. The molecule has 4 aromatic rings. The number of carbonyl (C=O) groups is 1. The van der Waals surface area contributed by atoms with Gasteiger partial charge in [-0.1, -0.05) is 42.5 Å². The van der Waals surface area contributed by atoms with E-state index in [1.165, 1.54) is 10.9 Å². The SMILES string of the molecule is C/C(=C\c1ccc(Cn2c(-c3ncc[nH]3)c(C)c3ccccc32)cc1)C(=O)O. The minimum absolute atomic E-state index is 0.319. The summed E-state index contributed by atoms with van der Waals surface area (Å²) < 4.78 is 2.27. The third kappa shape index (κ3) is 3.22. The Morgan fingerprint density at radius 2 is 1.93 bits per heavy atom. The number of aromatic amines is 1. The number of nitrogens with zero attached hydrogens (tertiary/aromatic N) is 2. The fourth-order valence-electron chi connectivity index (χ4n) is 3.55. The van der Waals surface area contributed by atoms with Gasteiger partial charge in [-0.3, -0.25) is 0 Å². The van der Waals surface area contributed by atoms with Gasteiger partial charge in [0.1, 0.15) is 0 Å². The summed E-state index contributed by atoms with van der Waals surface area (Å²) in [6.07, 6.45) is 5.28. The predicted molar refractivity (Wildman–Crippen MR) is 111 cm³/mol. The number of para-hydroxylation sites is 1. The molecule has 2 aromatic carbocycles. The molecule has 0 atom stereocenters. The first-order chi connectivity index (χ1) is 13.5. The van der Waals surface area contributed by atoms with E-state index in [2.05, 4.69) is 39.7 Å². The van der Waals surface area contributed by atoms with Gasteiger partial charge in [0.25, 0.3) is 0 Å². The smallest absolute Gasteiger partial charge is 0.331 e. The molecule has 0 aliphatic carbocycles. The standard InChI is InChI=1S/C23H21N3O2/c1-15(23(27)28)13-17-7-9-18(10-8-17)14-26-20-6-4-3-5-19(20)16(2)21(26)22-24-11-12-25-22/h3-13H,14H2,1-2H3,(H,24,25)(H,27,28)/b15-13+. The molecular weight excluding hydrogens is 350 g/mol. The fraction of sp³-hybridized carbons (Fsp3) is 0.130. The number of aliphatic carboxylic acids is 1. The van der Waals surface area contributed by atoms with Crippen LogP contribution in [0.3, 0.4) is 0 Å². The Labute approximate surface area is 163 Å². The quantitative estimate of drug-likeness (QED) is 0.491. The highest BCUT2D eigenvalue weighted by Gasteiger charge is 2.17. The van der Waals surface area contributed by atoms with Gasteiger partial charge in [0.2, 0.25) is 0 Å². The van der Waals surface area contributed by atoms with Crippen LogP contribution in [-0.4, -0.2) is 25.6 Å². The molecule has 0 spiro atoms. The van der Waals surface area contributed by atoms with Crippen molar-refractivity contribution in [2.45, 2.75) is 20.4 Å². The summed E-state index contributed by atoms with van der Waals surface area (Å²) in [5, 5.41) is 10.2. The van der Waals surface area contributed by atoms with Gasteiger partial charge in [-0.15, -0.1) is 0 Å². The molecule has 0 amide bonds. The minimum atomic E-state index is -0.901. The maximum atomic E-state index is 11.0. The number of hydrogen-bond donors (Lipinski definition) is 2. The molecule has 140 valence electrons. The van der Waals surface area contributed by atoms with Gasteiger partial charge in [-0.2, -0.15) is 0 Å². The average molecular weight is 371 g/mol. The Kier molecular flexibility index (Phi) is 4.57. The number of aryl methyl sites for hydroxylation is 1. The Hall–Kier alpha value is -3.60. The number of carboxylic acid groups (broad SMARTS) is 1. The molecule has 0 saturated heterocycles. The van der Waals surface area contributed by atoms with Crippen LogP contribution >= 0.6 is 0 Å². The summed E-state index contributed by atoms with van der Waals surface area (Å²) >= 11 is 0. The second-order valence-corrected chi connectivity index (χ2v) is 6.89. The van der Waals surface area contributed by atoms with Gasteiger partial charge in [-0.05, 0) is 42.7 Å². The van der Waals surface area contributed by atoms with Crippen LogP contribution in [0, 0.1) is 6.92 Å². The molecule has 0 aliphatic heterocycles. The Morgan fingerprint density at radius 3 is 2.61 bits per heavy atom. The van der Waals surface area contributed by atoms with Crippen molar-refractivity contribution in [1.82, 2.24) is 14.5 Å². The third-order valence-electron chi connectivity index (χ3n) is 4.99. The maximum absolute atomic E-state index is 11.0. The van der Waals surface area contributed by atoms with Gasteiger partial charge in [0.05, 0.1) is 5.69 Å². The van der Waals surface area contributed by atoms with E-state index in [0.717, 1.165) is 28.2 Å². The molecule has 2 heterocycles. The van der Waals surface area contributed by atoms with Crippen LogP contribution in [-0.2, 0) is 11.3 Å². The number of aromatic nitrogens is 3. The molecule has 4 rings (SSSR count). The molecular formula is C23H21N3O2. The average Bonchev–Trinajstić information content (AvgIpc) is 3.31. The number of rotatable bonds is 5. The van der Waals surface area contributed by atoms with Crippen LogP contribution in [0.1, 0.15) is 23.6 Å².